The molecule has 0 fully saturated rings. The quantitative estimate of drug-likeness (QED) is 0.558. The number of thioether (sulfide) groups is 1. The topological polar surface area (TPSA) is 50.8 Å². The third-order valence-corrected chi connectivity index (χ3v) is 4.01. The zero-order chi connectivity index (χ0) is 12.1. The maximum atomic E-state index is 8.82. The molecule has 82 valence electrons. The van der Waals surface area contributed by atoms with Gasteiger partial charge in [-0.15, -0.1) is 11.8 Å². The highest BCUT2D eigenvalue weighted by Crippen LogP contribution is 2.21. The van der Waals surface area contributed by atoms with Gasteiger partial charge in [0.25, 0.3) is 0 Å². The molecule has 3 nitrogen and oxygen atoms in total. The molecule has 0 atom stereocenters. The van der Waals surface area contributed by atoms with Gasteiger partial charge in [-0.2, -0.15) is 10.5 Å². The van der Waals surface area contributed by atoms with E-state index in [1.807, 2.05) is 30.3 Å². The standard InChI is InChI=1S/C10H17N3SSi/c1-13(8-15(3,4)5)10(14-2)9(6-11)7-12/h8H2,1-5H3. The van der Waals surface area contributed by atoms with E-state index in [1.165, 1.54) is 11.8 Å². The van der Waals surface area contributed by atoms with Crippen molar-refractivity contribution in [3.63, 3.8) is 0 Å². The molecule has 0 unspecified atom stereocenters. The number of hydrogen-bond donors (Lipinski definition) is 0. The van der Waals surface area contributed by atoms with E-state index in [4.69, 9.17) is 10.5 Å². The van der Waals surface area contributed by atoms with Gasteiger partial charge in [-0.05, 0) is 6.26 Å². The summed E-state index contributed by atoms with van der Waals surface area (Å²) < 4.78 is 0. The van der Waals surface area contributed by atoms with Crippen LogP contribution in [0.25, 0.3) is 0 Å². The van der Waals surface area contributed by atoms with E-state index in [0.717, 1.165) is 11.2 Å². The van der Waals surface area contributed by atoms with Crippen molar-refractivity contribution in [2.45, 2.75) is 19.6 Å². The lowest BCUT2D eigenvalue weighted by Gasteiger charge is -2.27. The molecule has 0 spiro atoms. The predicted molar refractivity (Wildman–Crippen MR) is 67.7 cm³/mol. The van der Waals surface area contributed by atoms with Crippen LogP contribution in [0.5, 0.6) is 0 Å². The first-order valence-electron chi connectivity index (χ1n) is 4.65. The fourth-order valence-corrected chi connectivity index (χ4v) is 3.72. The molecule has 0 amide bonds. The van der Waals surface area contributed by atoms with Crippen molar-refractivity contribution < 1.29 is 0 Å². The minimum absolute atomic E-state index is 0.211. The highest BCUT2D eigenvalue weighted by atomic mass is 32.2. The molecule has 0 aliphatic rings. The van der Waals surface area contributed by atoms with Crippen molar-refractivity contribution in [1.82, 2.24) is 4.90 Å². The highest BCUT2D eigenvalue weighted by molar-refractivity contribution is 8.02. The Labute approximate surface area is 97.4 Å². The Morgan fingerprint density at radius 2 is 1.73 bits per heavy atom. The van der Waals surface area contributed by atoms with E-state index in [-0.39, 0.29) is 5.57 Å². The normalized spacial score (nSPS) is 10.1. The second kappa shape index (κ2) is 5.84. The molecule has 0 N–H and O–H groups in total. The summed E-state index contributed by atoms with van der Waals surface area (Å²) in [6.07, 6.45) is 2.85. The van der Waals surface area contributed by atoms with Crippen molar-refractivity contribution in [2.24, 2.45) is 0 Å². The van der Waals surface area contributed by atoms with Gasteiger partial charge in [-0.25, -0.2) is 0 Å². The molecular weight excluding hydrogens is 222 g/mol. The van der Waals surface area contributed by atoms with Gasteiger partial charge in [0.2, 0.25) is 0 Å². The Bertz CT molecular complexity index is 314. The Kier molecular flexibility index (Phi) is 5.49. The molecular formula is C10H17N3SSi. The van der Waals surface area contributed by atoms with Crippen molar-refractivity contribution >= 4 is 19.8 Å². The van der Waals surface area contributed by atoms with Crippen LogP contribution in [0.1, 0.15) is 0 Å². The van der Waals surface area contributed by atoms with Gasteiger partial charge in [0.1, 0.15) is 12.1 Å². The first-order valence-corrected chi connectivity index (χ1v) is 9.58. The second-order valence-electron chi connectivity index (χ2n) is 4.52. The number of hydrogen-bond acceptors (Lipinski definition) is 4. The summed E-state index contributed by atoms with van der Waals surface area (Å²) in [5, 5.41) is 18.4. The van der Waals surface area contributed by atoms with E-state index >= 15 is 0 Å². The number of nitriles is 2. The van der Waals surface area contributed by atoms with Crippen molar-refractivity contribution in [3.05, 3.63) is 10.6 Å². The molecule has 0 bridgehead atoms. The molecule has 0 aromatic carbocycles. The van der Waals surface area contributed by atoms with Gasteiger partial charge in [0, 0.05) is 13.2 Å². The molecule has 0 heterocycles. The summed E-state index contributed by atoms with van der Waals surface area (Å²) in [6, 6.07) is 3.88. The van der Waals surface area contributed by atoms with Crippen LogP contribution >= 0.6 is 11.8 Å². The van der Waals surface area contributed by atoms with Gasteiger partial charge in [0.15, 0.2) is 5.57 Å². The largest absolute Gasteiger partial charge is 0.371 e. The molecule has 0 saturated carbocycles. The van der Waals surface area contributed by atoms with E-state index in [1.54, 1.807) is 0 Å². The van der Waals surface area contributed by atoms with Gasteiger partial charge >= 0.3 is 0 Å². The smallest absolute Gasteiger partial charge is 0.159 e. The van der Waals surface area contributed by atoms with E-state index in [0.29, 0.717) is 0 Å². The number of rotatable bonds is 4. The number of allylic oxidation sites excluding steroid dienone is 1. The molecule has 0 aliphatic heterocycles. The zero-order valence-electron chi connectivity index (χ0n) is 9.96. The third-order valence-electron chi connectivity index (χ3n) is 1.69. The van der Waals surface area contributed by atoms with E-state index in [9.17, 15) is 0 Å². The Balaban J connectivity index is 4.95. The monoisotopic (exact) mass is 239 g/mol. The zero-order valence-corrected chi connectivity index (χ0v) is 11.8. The van der Waals surface area contributed by atoms with E-state index in [2.05, 4.69) is 19.6 Å². The summed E-state index contributed by atoms with van der Waals surface area (Å²) in [7, 11) is 0.732. The average molecular weight is 239 g/mol. The lowest BCUT2D eigenvalue weighted by Crippen LogP contribution is -2.37. The Morgan fingerprint density at radius 3 is 2.00 bits per heavy atom. The fraction of sp³-hybridized carbons (Fsp3) is 0.600. The predicted octanol–water partition coefficient (Wildman–Crippen LogP) is 2.42. The maximum absolute atomic E-state index is 8.82. The van der Waals surface area contributed by atoms with Crippen molar-refractivity contribution in [3.8, 4) is 12.1 Å². The van der Waals surface area contributed by atoms with Crippen molar-refractivity contribution in [2.75, 3.05) is 19.5 Å². The van der Waals surface area contributed by atoms with Crippen LogP contribution in [0.15, 0.2) is 10.6 Å². The van der Waals surface area contributed by atoms with Gasteiger partial charge in [-0.3, -0.25) is 0 Å². The first kappa shape index (κ1) is 14.1. The molecule has 0 saturated heterocycles. The average Bonchev–Trinajstić information content (AvgIpc) is 2.10. The number of nitrogens with zero attached hydrogens (tertiary/aromatic N) is 3. The van der Waals surface area contributed by atoms with Crippen molar-refractivity contribution in [1.29, 1.82) is 10.5 Å². The van der Waals surface area contributed by atoms with Crippen LogP contribution in [-0.2, 0) is 0 Å². The molecule has 0 aromatic heterocycles. The van der Waals surface area contributed by atoms with E-state index < -0.39 is 8.07 Å². The van der Waals surface area contributed by atoms with Crippen LogP contribution in [0, 0.1) is 22.7 Å². The lowest BCUT2D eigenvalue weighted by molar-refractivity contribution is 0.511. The van der Waals surface area contributed by atoms with Crippen LogP contribution in [0.2, 0.25) is 19.6 Å². The highest BCUT2D eigenvalue weighted by Gasteiger charge is 2.19. The summed E-state index contributed by atoms with van der Waals surface area (Å²) in [5.74, 6) is 0. The maximum Gasteiger partial charge on any atom is 0.159 e. The summed E-state index contributed by atoms with van der Waals surface area (Å²) in [5.41, 5.74) is 0.211. The molecule has 0 aliphatic carbocycles. The fourth-order valence-electron chi connectivity index (χ4n) is 1.35. The molecule has 15 heavy (non-hydrogen) atoms. The van der Waals surface area contributed by atoms with Crippen LogP contribution in [0.3, 0.4) is 0 Å². The Hall–Kier alpha value is -0.913. The van der Waals surface area contributed by atoms with Crippen LogP contribution < -0.4 is 0 Å². The minimum atomic E-state index is -1.21. The SMILES string of the molecule is CSC(=C(C#N)C#N)N(C)C[Si](C)(C)C. The molecule has 0 radical (unpaired) electrons. The summed E-state index contributed by atoms with van der Waals surface area (Å²) in [6.45, 7) is 6.79. The van der Waals surface area contributed by atoms with Crippen LogP contribution in [-0.4, -0.2) is 32.4 Å². The Morgan fingerprint density at radius 1 is 1.27 bits per heavy atom. The second-order valence-corrected chi connectivity index (χ2v) is 10.8. The molecule has 0 aromatic rings. The summed E-state index contributed by atoms with van der Waals surface area (Å²) >= 11 is 1.46. The van der Waals surface area contributed by atoms with Crippen LogP contribution in [0.4, 0.5) is 0 Å². The van der Waals surface area contributed by atoms with Gasteiger partial charge in [-0.1, -0.05) is 19.6 Å². The lowest BCUT2D eigenvalue weighted by atomic mass is 10.3. The minimum Gasteiger partial charge on any atom is -0.371 e. The molecule has 5 heteroatoms. The molecule has 0 rings (SSSR count). The third kappa shape index (κ3) is 4.92. The first-order chi connectivity index (χ1) is 6.85. The van der Waals surface area contributed by atoms with Gasteiger partial charge < -0.3 is 4.90 Å². The van der Waals surface area contributed by atoms with Gasteiger partial charge in [0.05, 0.1) is 13.1 Å². The summed E-state index contributed by atoms with van der Waals surface area (Å²) in [4.78, 5) is 2.03.